The zero-order valence-electron chi connectivity index (χ0n) is 5.82. The Bertz CT molecular complexity index is 353. The minimum Gasteiger partial charge on any atom is -0.428 e. The first-order chi connectivity index (χ1) is 5.70. The van der Waals surface area contributed by atoms with Crippen molar-refractivity contribution in [3.63, 3.8) is 0 Å². The molecule has 0 amide bonds. The lowest BCUT2D eigenvalue weighted by atomic mass is 10.2. The number of pyridine rings is 1. The summed E-state index contributed by atoms with van der Waals surface area (Å²) < 4.78 is 4.50. The Balaban J connectivity index is 0.000000845. The number of esters is 1. The third-order valence-corrected chi connectivity index (χ3v) is 1.91. The molecule has 0 saturated heterocycles. The van der Waals surface area contributed by atoms with Gasteiger partial charge in [-0.1, -0.05) is 19.0 Å². The molecular formula is C8H8ClNO3. The zero-order chi connectivity index (χ0) is 8.72. The van der Waals surface area contributed by atoms with Crippen LogP contribution in [0.4, 0.5) is 0 Å². The Labute approximate surface area is 80.1 Å². The topological polar surface area (TPSA) is 59.4 Å². The van der Waals surface area contributed by atoms with E-state index in [0.717, 1.165) is 0 Å². The highest BCUT2D eigenvalue weighted by Crippen LogP contribution is 2.31. The molecule has 5 heteroatoms. The van der Waals surface area contributed by atoms with Crippen molar-refractivity contribution in [2.45, 2.75) is 13.7 Å². The number of carbonyl (C=O) groups excluding carboxylic acids is 1. The van der Waals surface area contributed by atoms with Gasteiger partial charge in [0.1, 0.15) is 10.7 Å². The average Bonchev–Trinajstić information content (AvgIpc) is 2.29. The van der Waals surface area contributed by atoms with Crippen molar-refractivity contribution in [2.24, 2.45) is 0 Å². The number of rotatable bonds is 0. The van der Waals surface area contributed by atoms with Gasteiger partial charge in [-0.2, -0.15) is 0 Å². The van der Waals surface area contributed by atoms with Crippen LogP contribution in [0.15, 0.2) is 12.3 Å². The van der Waals surface area contributed by atoms with E-state index in [1.807, 2.05) is 0 Å². The minimum atomic E-state index is -1.20. The van der Waals surface area contributed by atoms with Crippen molar-refractivity contribution in [1.82, 2.24) is 4.98 Å². The first-order valence-electron chi connectivity index (χ1n) is 3.23. The molecule has 1 N–H and O–H groups in total. The predicted octanol–water partition coefficient (Wildman–Crippen LogP) is 1.53. The van der Waals surface area contributed by atoms with E-state index in [-0.39, 0.29) is 18.1 Å². The van der Waals surface area contributed by atoms with E-state index in [1.165, 1.54) is 12.3 Å². The van der Waals surface area contributed by atoms with Gasteiger partial charge in [-0.15, -0.1) is 0 Å². The molecule has 70 valence electrons. The molecule has 1 unspecified atom stereocenters. The highest BCUT2D eigenvalue weighted by Gasteiger charge is 2.31. The van der Waals surface area contributed by atoms with Gasteiger partial charge in [-0.05, 0) is 6.07 Å². The molecule has 0 bridgehead atoms. The number of aliphatic hydroxyl groups excluding tert-OH is 1. The Morgan fingerprint density at radius 3 is 2.92 bits per heavy atom. The highest BCUT2D eigenvalue weighted by atomic mass is 35.5. The molecule has 0 saturated carbocycles. The fourth-order valence-electron chi connectivity index (χ4n) is 1.08. The van der Waals surface area contributed by atoms with Crippen LogP contribution in [0.1, 0.15) is 29.6 Å². The quantitative estimate of drug-likeness (QED) is 0.511. The average molecular weight is 202 g/mol. The number of nitrogens with zero attached hydrogens (tertiary/aromatic N) is 1. The van der Waals surface area contributed by atoms with Gasteiger partial charge >= 0.3 is 5.97 Å². The number of hydrogen-bond acceptors (Lipinski definition) is 4. The van der Waals surface area contributed by atoms with Gasteiger partial charge in [0, 0.05) is 11.8 Å². The Morgan fingerprint density at radius 1 is 1.62 bits per heavy atom. The van der Waals surface area contributed by atoms with Crippen molar-refractivity contribution in [2.75, 3.05) is 0 Å². The summed E-state index contributed by atoms with van der Waals surface area (Å²) >= 11 is 5.61. The fraction of sp³-hybridized carbons (Fsp3) is 0.250. The van der Waals surface area contributed by atoms with Crippen LogP contribution in [0, 0.1) is 0 Å². The van der Waals surface area contributed by atoms with Gasteiger partial charge in [0.05, 0.1) is 0 Å². The standard InChI is InChI=1S/C7H4ClNO3.CH4/c8-5-4-3(1-2-9-5)6(10)12-7(4)11;/h1-2,6,10H;1H4. The first kappa shape index (κ1) is 9.95. The summed E-state index contributed by atoms with van der Waals surface area (Å²) in [5, 5.41) is 9.21. The smallest absolute Gasteiger partial charge is 0.344 e. The molecule has 0 fully saturated rings. The monoisotopic (exact) mass is 201 g/mol. The molecule has 1 aliphatic rings. The number of aliphatic hydroxyl groups is 1. The molecule has 0 aliphatic carbocycles. The van der Waals surface area contributed by atoms with Crippen molar-refractivity contribution >= 4 is 17.6 Å². The highest BCUT2D eigenvalue weighted by molar-refractivity contribution is 6.32. The van der Waals surface area contributed by atoms with Gasteiger partial charge in [0.25, 0.3) is 0 Å². The van der Waals surface area contributed by atoms with Crippen molar-refractivity contribution < 1.29 is 14.6 Å². The van der Waals surface area contributed by atoms with Gasteiger partial charge in [0.15, 0.2) is 0 Å². The summed E-state index contributed by atoms with van der Waals surface area (Å²) in [7, 11) is 0. The molecule has 13 heavy (non-hydrogen) atoms. The van der Waals surface area contributed by atoms with Crippen LogP contribution < -0.4 is 0 Å². The molecule has 0 aromatic carbocycles. The normalized spacial score (nSPS) is 18.9. The molecule has 2 rings (SSSR count). The number of hydrogen-bond donors (Lipinski definition) is 1. The van der Waals surface area contributed by atoms with Crippen LogP contribution in [-0.4, -0.2) is 16.1 Å². The van der Waals surface area contributed by atoms with E-state index in [4.69, 9.17) is 16.7 Å². The molecule has 0 spiro atoms. The first-order valence-corrected chi connectivity index (χ1v) is 3.61. The predicted molar refractivity (Wildman–Crippen MR) is 46.4 cm³/mol. The van der Waals surface area contributed by atoms with Gasteiger partial charge < -0.3 is 9.84 Å². The van der Waals surface area contributed by atoms with Crippen LogP contribution in [0.5, 0.6) is 0 Å². The van der Waals surface area contributed by atoms with Crippen LogP contribution in [0.3, 0.4) is 0 Å². The third kappa shape index (κ3) is 1.38. The van der Waals surface area contributed by atoms with Crippen LogP contribution in [0.25, 0.3) is 0 Å². The van der Waals surface area contributed by atoms with E-state index in [9.17, 15) is 4.79 Å². The summed E-state index contributed by atoms with van der Waals surface area (Å²) in [6.45, 7) is 0. The molecule has 2 heterocycles. The van der Waals surface area contributed by atoms with Gasteiger partial charge in [-0.3, -0.25) is 0 Å². The molecule has 0 radical (unpaired) electrons. The molecule has 1 atom stereocenters. The van der Waals surface area contributed by atoms with Crippen molar-refractivity contribution in [3.05, 3.63) is 28.5 Å². The van der Waals surface area contributed by atoms with E-state index < -0.39 is 12.3 Å². The Kier molecular flexibility index (Phi) is 2.54. The van der Waals surface area contributed by atoms with Crippen molar-refractivity contribution in [1.29, 1.82) is 0 Å². The van der Waals surface area contributed by atoms with Crippen LogP contribution in [-0.2, 0) is 4.74 Å². The maximum atomic E-state index is 11.0. The molecule has 1 aromatic rings. The summed E-state index contributed by atoms with van der Waals surface area (Å²) in [5.74, 6) is -0.629. The van der Waals surface area contributed by atoms with E-state index in [2.05, 4.69) is 9.72 Å². The zero-order valence-corrected chi connectivity index (χ0v) is 6.58. The number of carbonyl (C=O) groups is 1. The second-order valence-electron chi connectivity index (χ2n) is 2.32. The Morgan fingerprint density at radius 2 is 2.31 bits per heavy atom. The summed E-state index contributed by atoms with van der Waals surface area (Å²) in [6, 6.07) is 1.50. The van der Waals surface area contributed by atoms with Crippen LogP contribution >= 0.6 is 11.6 Å². The third-order valence-electron chi connectivity index (χ3n) is 1.63. The maximum absolute atomic E-state index is 11.0. The SMILES string of the molecule is C.O=C1OC(O)c2ccnc(Cl)c21. The summed E-state index contributed by atoms with van der Waals surface area (Å²) in [6.07, 6.45) is 0.208. The fourth-order valence-corrected chi connectivity index (χ4v) is 1.32. The second-order valence-corrected chi connectivity index (χ2v) is 2.68. The number of halogens is 1. The summed E-state index contributed by atoms with van der Waals surface area (Å²) in [4.78, 5) is 14.7. The second kappa shape index (κ2) is 3.32. The number of ether oxygens (including phenoxy) is 1. The lowest BCUT2D eigenvalue weighted by molar-refractivity contribution is -0.0547. The molecule has 1 aromatic heterocycles. The van der Waals surface area contributed by atoms with E-state index >= 15 is 0 Å². The lowest BCUT2D eigenvalue weighted by Crippen LogP contribution is -1.96. The number of fused-ring (bicyclic) bond motifs is 1. The molecule has 1 aliphatic heterocycles. The molecule has 4 nitrogen and oxygen atoms in total. The Hall–Kier alpha value is -1.13. The summed E-state index contributed by atoms with van der Waals surface area (Å²) in [5.41, 5.74) is 0.534. The van der Waals surface area contributed by atoms with Crippen molar-refractivity contribution in [3.8, 4) is 0 Å². The molecular weight excluding hydrogens is 194 g/mol. The van der Waals surface area contributed by atoms with Gasteiger partial charge in [0.2, 0.25) is 6.29 Å². The van der Waals surface area contributed by atoms with E-state index in [0.29, 0.717) is 5.56 Å². The number of aromatic nitrogens is 1. The largest absolute Gasteiger partial charge is 0.428 e. The minimum absolute atomic E-state index is 0. The van der Waals surface area contributed by atoms with E-state index in [1.54, 1.807) is 0 Å². The number of cyclic esters (lactones) is 1. The lowest BCUT2D eigenvalue weighted by Gasteiger charge is -1.99. The van der Waals surface area contributed by atoms with Crippen LogP contribution in [0.2, 0.25) is 5.15 Å². The maximum Gasteiger partial charge on any atom is 0.344 e. The van der Waals surface area contributed by atoms with Gasteiger partial charge in [-0.25, -0.2) is 9.78 Å².